The van der Waals surface area contributed by atoms with E-state index in [0.29, 0.717) is 4.47 Å². The maximum absolute atomic E-state index is 13.0. The van der Waals surface area contributed by atoms with Gasteiger partial charge in [-0.1, -0.05) is 15.9 Å². The van der Waals surface area contributed by atoms with Crippen molar-refractivity contribution >= 4 is 21.6 Å². The lowest BCUT2D eigenvalue weighted by molar-refractivity contribution is -0.131. The van der Waals surface area contributed by atoms with Gasteiger partial charge in [-0.05, 0) is 18.2 Å². The molecule has 0 aromatic heterocycles. The molecule has 0 bridgehead atoms. The van der Waals surface area contributed by atoms with E-state index in [2.05, 4.69) is 21.2 Å². The molecule has 1 rings (SSSR count). The molecular formula is C9H8BrF4N. The first-order chi connectivity index (χ1) is 6.88. The summed E-state index contributed by atoms with van der Waals surface area (Å²) in [4.78, 5) is 0. The highest BCUT2D eigenvalue weighted by Gasteiger charge is 2.26. The first-order valence-corrected chi connectivity index (χ1v) is 4.93. The van der Waals surface area contributed by atoms with Crippen molar-refractivity contribution in [3.8, 4) is 0 Å². The minimum Gasteiger partial charge on any atom is -0.382 e. The SMILES string of the molecule is Fc1ccc(Br)cc1NCCC(F)(F)F. The van der Waals surface area contributed by atoms with E-state index in [-0.39, 0.29) is 12.2 Å². The van der Waals surface area contributed by atoms with Crippen LogP contribution in [0.4, 0.5) is 23.2 Å². The summed E-state index contributed by atoms with van der Waals surface area (Å²) in [5.41, 5.74) is 0.0635. The molecular weight excluding hydrogens is 278 g/mol. The molecule has 1 aromatic carbocycles. The third kappa shape index (κ3) is 4.51. The van der Waals surface area contributed by atoms with Gasteiger partial charge in [0.2, 0.25) is 0 Å². The van der Waals surface area contributed by atoms with Gasteiger partial charge < -0.3 is 5.32 Å². The highest BCUT2D eigenvalue weighted by Crippen LogP contribution is 2.22. The van der Waals surface area contributed by atoms with Crippen molar-refractivity contribution in [3.05, 3.63) is 28.5 Å². The molecule has 1 N–H and O–H groups in total. The number of anilines is 1. The predicted octanol–water partition coefficient (Wildman–Crippen LogP) is 3.95. The molecule has 0 fully saturated rings. The summed E-state index contributed by atoms with van der Waals surface area (Å²) in [5, 5.41) is 2.39. The van der Waals surface area contributed by atoms with Crippen LogP contribution in [0.15, 0.2) is 22.7 Å². The lowest BCUT2D eigenvalue weighted by Crippen LogP contribution is -2.15. The molecule has 0 amide bonds. The van der Waals surface area contributed by atoms with Crippen molar-refractivity contribution in [3.63, 3.8) is 0 Å². The molecule has 84 valence electrons. The van der Waals surface area contributed by atoms with Crippen LogP contribution in [-0.4, -0.2) is 12.7 Å². The number of hydrogen-bond donors (Lipinski definition) is 1. The Morgan fingerprint density at radius 1 is 1.27 bits per heavy atom. The zero-order chi connectivity index (χ0) is 11.5. The van der Waals surface area contributed by atoms with Gasteiger partial charge in [0.25, 0.3) is 0 Å². The molecule has 0 atom stereocenters. The average Bonchev–Trinajstić information content (AvgIpc) is 2.09. The largest absolute Gasteiger partial charge is 0.390 e. The molecule has 0 heterocycles. The molecule has 15 heavy (non-hydrogen) atoms. The van der Waals surface area contributed by atoms with Crippen LogP contribution in [0.1, 0.15) is 6.42 Å². The summed E-state index contributed by atoms with van der Waals surface area (Å²) in [6.45, 7) is -0.336. The van der Waals surface area contributed by atoms with E-state index in [1.165, 1.54) is 18.2 Å². The quantitative estimate of drug-likeness (QED) is 0.829. The number of nitrogens with one attached hydrogen (secondary N) is 1. The summed E-state index contributed by atoms with van der Waals surface area (Å²) >= 11 is 3.10. The van der Waals surface area contributed by atoms with Gasteiger partial charge in [-0.25, -0.2) is 4.39 Å². The summed E-state index contributed by atoms with van der Waals surface area (Å²) in [6.07, 6.45) is -5.21. The van der Waals surface area contributed by atoms with Crippen molar-refractivity contribution in [2.45, 2.75) is 12.6 Å². The van der Waals surface area contributed by atoms with Gasteiger partial charge in [0.05, 0.1) is 12.1 Å². The van der Waals surface area contributed by atoms with Crippen molar-refractivity contribution in [2.75, 3.05) is 11.9 Å². The molecule has 0 unspecified atom stereocenters. The van der Waals surface area contributed by atoms with E-state index >= 15 is 0 Å². The number of hydrogen-bond acceptors (Lipinski definition) is 1. The zero-order valence-corrected chi connectivity index (χ0v) is 9.12. The standard InChI is InChI=1S/C9H8BrF4N/c10-6-1-2-7(11)8(5-6)15-4-3-9(12,13)14/h1-2,5,15H,3-4H2. The van der Waals surface area contributed by atoms with Crippen molar-refractivity contribution < 1.29 is 17.6 Å². The van der Waals surface area contributed by atoms with Gasteiger partial charge in [0, 0.05) is 11.0 Å². The van der Waals surface area contributed by atoms with Gasteiger partial charge in [0.15, 0.2) is 0 Å². The maximum atomic E-state index is 13.0. The summed E-state index contributed by atoms with van der Waals surface area (Å²) in [6, 6.07) is 4.05. The molecule has 0 aliphatic carbocycles. The Kier molecular flexibility index (Phi) is 3.96. The van der Waals surface area contributed by atoms with Gasteiger partial charge in [-0.3, -0.25) is 0 Å². The Balaban J connectivity index is 2.54. The van der Waals surface area contributed by atoms with E-state index in [1.807, 2.05) is 0 Å². The summed E-state index contributed by atoms with van der Waals surface area (Å²) in [7, 11) is 0. The first kappa shape index (κ1) is 12.3. The lowest BCUT2D eigenvalue weighted by atomic mass is 10.3. The van der Waals surface area contributed by atoms with Crippen LogP contribution in [0, 0.1) is 5.82 Å². The third-order valence-corrected chi connectivity index (χ3v) is 2.15. The second-order valence-electron chi connectivity index (χ2n) is 2.92. The first-order valence-electron chi connectivity index (χ1n) is 4.14. The number of alkyl halides is 3. The van der Waals surface area contributed by atoms with E-state index in [9.17, 15) is 17.6 Å². The Morgan fingerprint density at radius 3 is 2.53 bits per heavy atom. The van der Waals surface area contributed by atoms with Gasteiger partial charge in [0.1, 0.15) is 5.82 Å². The molecule has 6 heteroatoms. The van der Waals surface area contributed by atoms with Crippen LogP contribution in [-0.2, 0) is 0 Å². The topological polar surface area (TPSA) is 12.0 Å². The van der Waals surface area contributed by atoms with Crippen molar-refractivity contribution in [2.24, 2.45) is 0 Å². The zero-order valence-electron chi connectivity index (χ0n) is 7.54. The number of benzene rings is 1. The number of rotatable bonds is 3. The highest BCUT2D eigenvalue weighted by atomic mass is 79.9. The van der Waals surface area contributed by atoms with E-state index in [0.717, 1.165) is 0 Å². The molecule has 0 saturated heterocycles. The predicted molar refractivity (Wildman–Crippen MR) is 53.3 cm³/mol. The highest BCUT2D eigenvalue weighted by molar-refractivity contribution is 9.10. The Labute approximate surface area is 92.6 Å². The van der Waals surface area contributed by atoms with Crippen LogP contribution < -0.4 is 5.32 Å². The fourth-order valence-corrected chi connectivity index (χ4v) is 1.33. The monoisotopic (exact) mass is 285 g/mol. The third-order valence-electron chi connectivity index (χ3n) is 1.65. The van der Waals surface area contributed by atoms with Crippen molar-refractivity contribution in [1.29, 1.82) is 0 Å². The molecule has 0 aliphatic heterocycles. The minimum absolute atomic E-state index is 0.0635. The van der Waals surface area contributed by atoms with Crippen molar-refractivity contribution in [1.82, 2.24) is 0 Å². The maximum Gasteiger partial charge on any atom is 0.390 e. The second-order valence-corrected chi connectivity index (χ2v) is 3.83. The normalized spacial score (nSPS) is 11.5. The molecule has 0 spiro atoms. The lowest BCUT2D eigenvalue weighted by Gasteiger charge is -2.09. The summed E-state index contributed by atoms with van der Waals surface area (Å²) in [5.74, 6) is -0.569. The Bertz CT molecular complexity index is 337. The summed E-state index contributed by atoms with van der Waals surface area (Å²) < 4.78 is 49.0. The molecule has 0 radical (unpaired) electrons. The van der Waals surface area contributed by atoms with Gasteiger partial charge >= 0.3 is 6.18 Å². The van der Waals surface area contributed by atoms with Crippen LogP contribution in [0.3, 0.4) is 0 Å². The Morgan fingerprint density at radius 2 is 1.93 bits per heavy atom. The number of halogens is 5. The average molecular weight is 286 g/mol. The van der Waals surface area contributed by atoms with E-state index < -0.39 is 18.4 Å². The van der Waals surface area contributed by atoms with Gasteiger partial charge in [-0.15, -0.1) is 0 Å². The minimum atomic E-state index is -4.23. The smallest absolute Gasteiger partial charge is 0.382 e. The van der Waals surface area contributed by atoms with E-state index in [1.54, 1.807) is 0 Å². The van der Waals surface area contributed by atoms with Crippen LogP contribution in [0.2, 0.25) is 0 Å². The fraction of sp³-hybridized carbons (Fsp3) is 0.333. The molecule has 1 aromatic rings. The van der Waals surface area contributed by atoms with Gasteiger partial charge in [-0.2, -0.15) is 13.2 Å². The second kappa shape index (κ2) is 4.83. The fourth-order valence-electron chi connectivity index (χ4n) is 0.972. The molecule has 1 nitrogen and oxygen atoms in total. The molecule has 0 saturated carbocycles. The molecule has 0 aliphatic rings. The van der Waals surface area contributed by atoms with Crippen LogP contribution in [0.25, 0.3) is 0 Å². The van der Waals surface area contributed by atoms with Crippen LogP contribution >= 0.6 is 15.9 Å². The van der Waals surface area contributed by atoms with E-state index in [4.69, 9.17) is 0 Å². The van der Waals surface area contributed by atoms with Crippen LogP contribution in [0.5, 0.6) is 0 Å². The Hall–Kier alpha value is -0.780.